The summed E-state index contributed by atoms with van der Waals surface area (Å²) in [4.78, 5) is 4.46. The van der Waals surface area contributed by atoms with Crippen molar-refractivity contribution >= 4 is 0 Å². The molecule has 2 rings (SSSR count). The van der Waals surface area contributed by atoms with Gasteiger partial charge in [-0.05, 0) is 25.1 Å². The molecule has 0 bridgehead atoms. The third-order valence-electron chi connectivity index (χ3n) is 2.53. The van der Waals surface area contributed by atoms with Gasteiger partial charge >= 0.3 is 0 Å². The Bertz CT molecular complexity index is 477. The van der Waals surface area contributed by atoms with Crippen molar-refractivity contribution in [2.45, 2.75) is 13.0 Å². The van der Waals surface area contributed by atoms with Gasteiger partial charge in [0.1, 0.15) is 6.04 Å². The molecule has 0 saturated carbocycles. The maximum atomic E-state index is 5.58. The molecule has 1 atom stereocenters. The van der Waals surface area contributed by atoms with Crippen molar-refractivity contribution in [1.82, 2.24) is 20.2 Å². The maximum Gasteiger partial charge on any atom is 0.105 e. The van der Waals surface area contributed by atoms with Gasteiger partial charge in [-0.15, -0.1) is 0 Å². The van der Waals surface area contributed by atoms with E-state index in [9.17, 15) is 0 Å². The summed E-state index contributed by atoms with van der Waals surface area (Å²) < 4.78 is 1.79. The van der Waals surface area contributed by atoms with E-state index >= 15 is 0 Å². The van der Waals surface area contributed by atoms with E-state index in [1.165, 1.54) is 0 Å². The molecule has 0 aliphatic heterocycles. The van der Waals surface area contributed by atoms with E-state index in [1.807, 2.05) is 38.2 Å². The number of aromatic nitrogens is 3. The van der Waals surface area contributed by atoms with Gasteiger partial charge in [-0.25, -0.2) is 5.43 Å². The summed E-state index contributed by atoms with van der Waals surface area (Å²) in [5, 5.41) is 4.13. The Morgan fingerprint density at radius 1 is 1.38 bits per heavy atom. The molecular weight excluding hydrogens is 202 g/mol. The third kappa shape index (κ3) is 1.95. The van der Waals surface area contributed by atoms with Crippen LogP contribution in [0.25, 0.3) is 0 Å². The second kappa shape index (κ2) is 4.42. The lowest BCUT2D eigenvalue weighted by Crippen LogP contribution is -2.31. The molecule has 16 heavy (non-hydrogen) atoms. The van der Waals surface area contributed by atoms with E-state index in [4.69, 9.17) is 5.84 Å². The molecule has 0 aromatic carbocycles. The molecule has 0 amide bonds. The summed E-state index contributed by atoms with van der Waals surface area (Å²) in [5.74, 6) is 5.58. The first-order valence-electron chi connectivity index (χ1n) is 5.10. The predicted octanol–water partition coefficient (Wildman–Crippen LogP) is 0.676. The molecule has 84 valence electrons. The molecule has 0 aliphatic carbocycles. The molecule has 3 N–H and O–H groups in total. The van der Waals surface area contributed by atoms with Gasteiger partial charge < -0.3 is 0 Å². The van der Waals surface area contributed by atoms with Crippen molar-refractivity contribution in [2.75, 3.05) is 0 Å². The zero-order valence-corrected chi connectivity index (χ0v) is 9.38. The highest BCUT2D eigenvalue weighted by molar-refractivity contribution is 5.22. The second-order valence-corrected chi connectivity index (χ2v) is 3.68. The Hall–Kier alpha value is -1.72. The van der Waals surface area contributed by atoms with Crippen LogP contribution in [-0.4, -0.2) is 14.8 Å². The summed E-state index contributed by atoms with van der Waals surface area (Å²) in [6.07, 6.45) is 1.75. The fraction of sp³-hybridized carbons (Fsp3) is 0.273. The van der Waals surface area contributed by atoms with Crippen molar-refractivity contribution in [3.05, 3.63) is 47.5 Å². The largest absolute Gasteiger partial charge is 0.271 e. The van der Waals surface area contributed by atoms with Crippen LogP contribution in [0.15, 0.2) is 30.5 Å². The van der Waals surface area contributed by atoms with Gasteiger partial charge in [0.15, 0.2) is 0 Å². The van der Waals surface area contributed by atoms with Crippen molar-refractivity contribution in [1.29, 1.82) is 0 Å². The second-order valence-electron chi connectivity index (χ2n) is 3.68. The number of nitrogens with zero attached hydrogens (tertiary/aromatic N) is 3. The summed E-state index contributed by atoms with van der Waals surface area (Å²) in [7, 11) is 1.88. The highest BCUT2D eigenvalue weighted by Crippen LogP contribution is 2.18. The average molecular weight is 217 g/mol. The van der Waals surface area contributed by atoms with Crippen LogP contribution in [0.2, 0.25) is 0 Å². The van der Waals surface area contributed by atoms with Gasteiger partial charge in [0.25, 0.3) is 0 Å². The molecule has 1 unspecified atom stereocenters. The summed E-state index contributed by atoms with van der Waals surface area (Å²) in [6, 6.07) is 7.67. The minimum absolute atomic E-state index is 0.132. The van der Waals surface area contributed by atoms with Gasteiger partial charge in [0.05, 0.1) is 11.4 Å². The molecule has 2 aromatic heterocycles. The van der Waals surface area contributed by atoms with Gasteiger partial charge in [-0.2, -0.15) is 5.10 Å². The van der Waals surface area contributed by atoms with Crippen LogP contribution in [0.5, 0.6) is 0 Å². The van der Waals surface area contributed by atoms with E-state index in [0.717, 1.165) is 17.1 Å². The summed E-state index contributed by atoms with van der Waals surface area (Å²) in [6.45, 7) is 1.96. The van der Waals surface area contributed by atoms with E-state index in [0.29, 0.717) is 0 Å². The predicted molar refractivity (Wildman–Crippen MR) is 61.3 cm³/mol. The third-order valence-corrected chi connectivity index (χ3v) is 2.53. The molecule has 0 spiro atoms. The van der Waals surface area contributed by atoms with Gasteiger partial charge in [-0.1, -0.05) is 6.07 Å². The molecule has 5 heteroatoms. The first-order chi connectivity index (χ1) is 7.72. The Labute approximate surface area is 94.3 Å². The average Bonchev–Trinajstić information content (AvgIpc) is 2.67. The lowest BCUT2D eigenvalue weighted by molar-refractivity contribution is 0.563. The molecule has 0 radical (unpaired) electrons. The van der Waals surface area contributed by atoms with Gasteiger partial charge in [0, 0.05) is 18.9 Å². The first-order valence-corrected chi connectivity index (χ1v) is 5.10. The van der Waals surface area contributed by atoms with Crippen molar-refractivity contribution < 1.29 is 0 Å². The number of rotatable bonds is 3. The molecule has 2 aromatic rings. The topological polar surface area (TPSA) is 68.8 Å². The molecule has 2 heterocycles. The highest BCUT2D eigenvalue weighted by atomic mass is 15.3. The minimum atomic E-state index is -0.132. The van der Waals surface area contributed by atoms with Gasteiger partial charge in [0.2, 0.25) is 0 Å². The van der Waals surface area contributed by atoms with Gasteiger partial charge in [-0.3, -0.25) is 15.5 Å². The van der Waals surface area contributed by atoms with Crippen LogP contribution < -0.4 is 11.3 Å². The normalized spacial score (nSPS) is 12.7. The molecule has 0 fully saturated rings. The van der Waals surface area contributed by atoms with Crippen molar-refractivity contribution in [2.24, 2.45) is 12.9 Å². The van der Waals surface area contributed by atoms with E-state index in [-0.39, 0.29) is 6.04 Å². The fourth-order valence-electron chi connectivity index (χ4n) is 1.71. The monoisotopic (exact) mass is 217 g/mol. The molecule has 0 saturated heterocycles. The van der Waals surface area contributed by atoms with Crippen LogP contribution in [-0.2, 0) is 7.05 Å². The molecule has 0 aliphatic rings. The van der Waals surface area contributed by atoms with Crippen LogP contribution >= 0.6 is 0 Å². The number of pyridine rings is 1. The van der Waals surface area contributed by atoms with Crippen LogP contribution in [0.4, 0.5) is 0 Å². The van der Waals surface area contributed by atoms with E-state index in [1.54, 1.807) is 10.9 Å². The van der Waals surface area contributed by atoms with Crippen molar-refractivity contribution in [3.8, 4) is 0 Å². The smallest absolute Gasteiger partial charge is 0.105 e. The lowest BCUT2D eigenvalue weighted by Gasteiger charge is -2.15. The Morgan fingerprint density at radius 2 is 2.19 bits per heavy atom. The molecular formula is C11H15N5. The van der Waals surface area contributed by atoms with Crippen LogP contribution in [0.3, 0.4) is 0 Å². The Morgan fingerprint density at radius 3 is 2.75 bits per heavy atom. The minimum Gasteiger partial charge on any atom is -0.271 e. The number of hydrogen-bond donors (Lipinski definition) is 2. The molecule has 5 nitrogen and oxygen atoms in total. The van der Waals surface area contributed by atoms with E-state index < -0.39 is 0 Å². The standard InChI is InChI=1S/C11H15N5/c1-8-4-3-5-9(14-8)11(15-12)10-6-7-13-16(10)2/h3-7,11,15H,12H2,1-2H3. The Balaban J connectivity index is 2.40. The Kier molecular flexibility index (Phi) is 2.98. The van der Waals surface area contributed by atoms with E-state index in [2.05, 4.69) is 15.5 Å². The number of hydrogen-bond acceptors (Lipinski definition) is 4. The SMILES string of the molecule is Cc1cccc(C(NN)c2ccnn2C)n1. The fourth-order valence-corrected chi connectivity index (χ4v) is 1.71. The summed E-state index contributed by atoms with van der Waals surface area (Å²) >= 11 is 0. The lowest BCUT2D eigenvalue weighted by atomic mass is 10.1. The number of hydrazine groups is 1. The van der Waals surface area contributed by atoms with Crippen molar-refractivity contribution in [3.63, 3.8) is 0 Å². The number of aryl methyl sites for hydroxylation is 2. The number of nitrogens with two attached hydrogens (primary N) is 1. The number of nitrogens with one attached hydrogen (secondary N) is 1. The quantitative estimate of drug-likeness (QED) is 0.586. The highest BCUT2D eigenvalue weighted by Gasteiger charge is 2.16. The van der Waals surface area contributed by atoms with Crippen LogP contribution in [0.1, 0.15) is 23.1 Å². The van der Waals surface area contributed by atoms with Crippen LogP contribution in [0, 0.1) is 6.92 Å². The zero-order chi connectivity index (χ0) is 11.5. The summed E-state index contributed by atoms with van der Waals surface area (Å²) in [5.41, 5.74) is 5.62. The maximum absolute atomic E-state index is 5.58. The zero-order valence-electron chi connectivity index (χ0n) is 9.38. The first kappa shape index (κ1) is 10.8.